The van der Waals surface area contributed by atoms with Crippen LogP contribution in [0.2, 0.25) is 0 Å². The molecular weight excluding hydrogens is 295 g/mol. The number of hydrogen-bond acceptors (Lipinski definition) is 4. The Kier molecular flexibility index (Phi) is 4.95. The van der Waals surface area contributed by atoms with Crippen LogP contribution in [0, 0.1) is 5.82 Å². The van der Waals surface area contributed by atoms with Crippen molar-refractivity contribution in [2.24, 2.45) is 0 Å². The molecule has 0 aliphatic carbocycles. The summed E-state index contributed by atoms with van der Waals surface area (Å²) in [7, 11) is -3.62. The highest BCUT2D eigenvalue weighted by Crippen LogP contribution is 2.19. The topological polar surface area (TPSA) is 66.5 Å². The Balaban J connectivity index is 2.06. The van der Waals surface area contributed by atoms with E-state index in [1.807, 2.05) is 0 Å². The third-order valence-electron chi connectivity index (χ3n) is 3.60. The maximum absolute atomic E-state index is 12.9. The molecule has 0 spiro atoms. The van der Waals surface area contributed by atoms with Crippen molar-refractivity contribution in [3.63, 3.8) is 0 Å². The smallest absolute Gasteiger partial charge is 0.223 e. The first-order valence-electron chi connectivity index (χ1n) is 6.89. The van der Waals surface area contributed by atoms with Crippen LogP contribution >= 0.6 is 0 Å². The molecule has 1 aromatic rings. The standard InChI is InChI=1S/C14H19FN2O3S/c1-11(10-14(18)17-8-6-16-7-9-17)21(19,20)13-4-2-12(15)3-5-13/h2-5,11,16H,6-10H2,1H3. The molecule has 21 heavy (non-hydrogen) atoms. The van der Waals surface area contributed by atoms with E-state index in [0.717, 1.165) is 25.2 Å². The van der Waals surface area contributed by atoms with Gasteiger partial charge in [0, 0.05) is 32.6 Å². The fourth-order valence-electron chi connectivity index (χ4n) is 2.26. The van der Waals surface area contributed by atoms with E-state index in [1.165, 1.54) is 19.1 Å². The van der Waals surface area contributed by atoms with Gasteiger partial charge in [0.15, 0.2) is 9.84 Å². The van der Waals surface area contributed by atoms with Crippen molar-refractivity contribution in [2.45, 2.75) is 23.5 Å². The highest BCUT2D eigenvalue weighted by atomic mass is 32.2. The molecule has 0 aromatic heterocycles. The summed E-state index contributed by atoms with van der Waals surface area (Å²) in [6, 6.07) is 4.68. The van der Waals surface area contributed by atoms with Gasteiger partial charge in [-0.05, 0) is 31.2 Å². The summed E-state index contributed by atoms with van der Waals surface area (Å²) in [5.74, 6) is -0.645. The van der Waals surface area contributed by atoms with Gasteiger partial charge in [-0.1, -0.05) is 0 Å². The molecule has 1 saturated heterocycles. The Hall–Kier alpha value is -1.47. The Morgan fingerprint density at radius 2 is 1.86 bits per heavy atom. The maximum atomic E-state index is 12.9. The summed E-state index contributed by atoms with van der Waals surface area (Å²) in [6.07, 6.45) is -0.0558. The number of halogens is 1. The summed E-state index contributed by atoms with van der Waals surface area (Å²) in [4.78, 5) is 13.8. The Bertz CT molecular complexity index is 595. The van der Waals surface area contributed by atoms with Gasteiger partial charge in [-0.15, -0.1) is 0 Å². The Morgan fingerprint density at radius 1 is 1.29 bits per heavy atom. The number of benzene rings is 1. The van der Waals surface area contributed by atoms with Crippen molar-refractivity contribution in [3.8, 4) is 0 Å². The molecule has 1 aromatic carbocycles. The molecule has 1 aliphatic heterocycles. The largest absolute Gasteiger partial charge is 0.340 e. The van der Waals surface area contributed by atoms with Crippen molar-refractivity contribution in [2.75, 3.05) is 26.2 Å². The second-order valence-electron chi connectivity index (χ2n) is 5.14. The van der Waals surface area contributed by atoms with Crippen molar-refractivity contribution in [1.82, 2.24) is 10.2 Å². The lowest BCUT2D eigenvalue weighted by atomic mass is 10.2. The van der Waals surface area contributed by atoms with E-state index < -0.39 is 20.9 Å². The van der Waals surface area contributed by atoms with Gasteiger partial charge in [0.2, 0.25) is 5.91 Å². The number of hydrogen-bond donors (Lipinski definition) is 1. The summed E-state index contributed by atoms with van der Waals surface area (Å²) >= 11 is 0. The van der Waals surface area contributed by atoms with Gasteiger partial charge >= 0.3 is 0 Å². The normalized spacial score (nSPS) is 17.5. The second kappa shape index (κ2) is 6.53. The van der Waals surface area contributed by atoms with Crippen LogP contribution < -0.4 is 5.32 Å². The zero-order valence-electron chi connectivity index (χ0n) is 11.9. The minimum absolute atomic E-state index is 0.0458. The van der Waals surface area contributed by atoms with E-state index in [2.05, 4.69) is 5.32 Å². The van der Waals surface area contributed by atoms with E-state index in [-0.39, 0.29) is 17.2 Å². The van der Waals surface area contributed by atoms with Gasteiger partial charge in [0.05, 0.1) is 10.1 Å². The number of amides is 1. The highest BCUT2D eigenvalue weighted by molar-refractivity contribution is 7.92. The lowest BCUT2D eigenvalue weighted by Crippen LogP contribution is -2.47. The molecule has 0 radical (unpaired) electrons. The number of sulfone groups is 1. The minimum Gasteiger partial charge on any atom is -0.340 e. The van der Waals surface area contributed by atoms with Crippen LogP contribution in [-0.2, 0) is 14.6 Å². The minimum atomic E-state index is -3.62. The van der Waals surface area contributed by atoms with Crippen LogP contribution in [0.15, 0.2) is 29.2 Å². The van der Waals surface area contributed by atoms with E-state index in [4.69, 9.17) is 0 Å². The summed E-state index contributed by atoms with van der Waals surface area (Å²) in [5.41, 5.74) is 0. The van der Waals surface area contributed by atoms with Crippen LogP contribution in [0.4, 0.5) is 4.39 Å². The number of carbonyl (C=O) groups excluding carboxylic acids is 1. The molecule has 1 atom stereocenters. The molecular formula is C14H19FN2O3S. The number of carbonyl (C=O) groups is 1. The molecule has 2 rings (SSSR count). The summed E-state index contributed by atoms with van der Waals surface area (Å²) < 4.78 is 37.6. The summed E-state index contributed by atoms with van der Waals surface area (Å²) in [5, 5.41) is 2.31. The average Bonchev–Trinajstić information content (AvgIpc) is 2.48. The van der Waals surface area contributed by atoms with Crippen molar-refractivity contribution < 1.29 is 17.6 Å². The second-order valence-corrected chi connectivity index (χ2v) is 7.51. The van der Waals surface area contributed by atoms with Gasteiger partial charge in [-0.25, -0.2) is 12.8 Å². The Labute approximate surface area is 124 Å². The van der Waals surface area contributed by atoms with Crippen LogP contribution in [0.1, 0.15) is 13.3 Å². The van der Waals surface area contributed by atoms with Crippen molar-refractivity contribution in [1.29, 1.82) is 0 Å². The fourth-order valence-corrected chi connectivity index (χ4v) is 3.60. The fraction of sp³-hybridized carbons (Fsp3) is 0.500. The molecule has 0 bridgehead atoms. The molecule has 1 amide bonds. The Morgan fingerprint density at radius 3 is 2.43 bits per heavy atom. The maximum Gasteiger partial charge on any atom is 0.223 e. The molecule has 7 heteroatoms. The quantitative estimate of drug-likeness (QED) is 0.835. The third-order valence-corrected chi connectivity index (χ3v) is 5.76. The molecule has 1 aliphatic rings. The zero-order valence-corrected chi connectivity index (χ0v) is 12.7. The van der Waals surface area contributed by atoms with Crippen LogP contribution in [0.5, 0.6) is 0 Å². The first-order valence-corrected chi connectivity index (χ1v) is 8.44. The zero-order chi connectivity index (χ0) is 15.5. The molecule has 1 N–H and O–H groups in total. The predicted molar refractivity (Wildman–Crippen MR) is 77.1 cm³/mol. The average molecular weight is 314 g/mol. The number of nitrogens with zero attached hydrogens (tertiary/aromatic N) is 1. The molecule has 0 saturated carbocycles. The SMILES string of the molecule is CC(CC(=O)N1CCNCC1)S(=O)(=O)c1ccc(F)cc1. The van der Waals surface area contributed by atoms with Gasteiger partial charge in [-0.2, -0.15) is 0 Å². The van der Waals surface area contributed by atoms with Gasteiger partial charge in [0.25, 0.3) is 0 Å². The number of rotatable bonds is 4. The lowest BCUT2D eigenvalue weighted by molar-refractivity contribution is -0.131. The number of piperazine rings is 1. The third kappa shape index (κ3) is 3.79. The molecule has 116 valence electrons. The van der Waals surface area contributed by atoms with Crippen LogP contribution in [0.3, 0.4) is 0 Å². The first-order chi connectivity index (χ1) is 9.91. The van der Waals surface area contributed by atoms with E-state index in [1.54, 1.807) is 4.90 Å². The highest BCUT2D eigenvalue weighted by Gasteiger charge is 2.28. The van der Waals surface area contributed by atoms with E-state index in [0.29, 0.717) is 13.1 Å². The molecule has 1 fully saturated rings. The van der Waals surface area contributed by atoms with E-state index in [9.17, 15) is 17.6 Å². The van der Waals surface area contributed by atoms with Crippen LogP contribution in [-0.4, -0.2) is 50.7 Å². The molecule has 5 nitrogen and oxygen atoms in total. The predicted octanol–water partition coefficient (Wildman–Crippen LogP) is 0.810. The van der Waals surface area contributed by atoms with E-state index >= 15 is 0 Å². The van der Waals surface area contributed by atoms with Gasteiger partial charge in [-0.3, -0.25) is 4.79 Å². The molecule has 1 heterocycles. The molecule has 1 unspecified atom stereocenters. The van der Waals surface area contributed by atoms with Gasteiger partial charge < -0.3 is 10.2 Å². The number of nitrogens with one attached hydrogen (secondary N) is 1. The summed E-state index contributed by atoms with van der Waals surface area (Å²) in [6.45, 7) is 4.17. The van der Waals surface area contributed by atoms with Gasteiger partial charge in [0.1, 0.15) is 5.82 Å². The van der Waals surface area contributed by atoms with Crippen molar-refractivity contribution in [3.05, 3.63) is 30.1 Å². The monoisotopic (exact) mass is 314 g/mol. The first kappa shape index (κ1) is 15.9. The lowest BCUT2D eigenvalue weighted by Gasteiger charge is -2.28. The van der Waals surface area contributed by atoms with Crippen molar-refractivity contribution >= 4 is 15.7 Å². The van der Waals surface area contributed by atoms with Crippen LogP contribution in [0.25, 0.3) is 0 Å².